The van der Waals surface area contributed by atoms with Gasteiger partial charge in [-0.1, -0.05) is 0 Å². The van der Waals surface area contributed by atoms with Crippen molar-refractivity contribution in [1.29, 1.82) is 0 Å². The highest BCUT2D eigenvalue weighted by atomic mass is 35.5. The van der Waals surface area contributed by atoms with Crippen molar-refractivity contribution in [3.8, 4) is 0 Å². The first-order chi connectivity index (χ1) is 3.12. The average Bonchev–Trinajstić information content (AvgIpc) is 1.68. The van der Waals surface area contributed by atoms with Crippen LogP contribution in [0.2, 0.25) is 0 Å². The van der Waals surface area contributed by atoms with E-state index in [9.17, 15) is 0 Å². The lowest BCUT2D eigenvalue weighted by molar-refractivity contribution is 0.555. The summed E-state index contributed by atoms with van der Waals surface area (Å²) in [7, 11) is 0. The summed E-state index contributed by atoms with van der Waals surface area (Å²) < 4.78 is 8.26. The smallest absolute Gasteiger partial charge is 0.219 e. The molecule has 0 amide bonds. The standard InChI is InChI=1S/CH3Cl2O2PS/c1-6(7,4-2)5-3/h1H3. The Morgan fingerprint density at radius 3 is 1.71 bits per heavy atom. The predicted octanol–water partition coefficient (Wildman–Crippen LogP) is 2.27. The van der Waals surface area contributed by atoms with Crippen molar-refractivity contribution >= 4 is 42.0 Å². The lowest BCUT2D eigenvalue weighted by Crippen LogP contribution is -1.71. The van der Waals surface area contributed by atoms with Crippen LogP contribution in [0.3, 0.4) is 0 Å². The molecule has 7 heavy (non-hydrogen) atoms. The van der Waals surface area contributed by atoms with Crippen LogP contribution in [-0.4, -0.2) is 6.66 Å². The molecule has 0 aromatic heterocycles. The van der Waals surface area contributed by atoms with E-state index < -0.39 is 6.49 Å². The van der Waals surface area contributed by atoms with Crippen LogP contribution in [0.4, 0.5) is 0 Å². The second-order valence-corrected chi connectivity index (χ2v) is 5.55. The number of rotatable bonds is 2. The fourth-order valence-corrected chi connectivity index (χ4v) is 0.287. The number of hydrogen-bond donors (Lipinski definition) is 0. The van der Waals surface area contributed by atoms with Crippen LogP contribution >= 0.6 is 30.2 Å². The number of hydrogen-bond acceptors (Lipinski definition) is 3. The van der Waals surface area contributed by atoms with Gasteiger partial charge in [0.25, 0.3) is 0 Å². The monoisotopic (exact) mass is 180 g/mol. The summed E-state index contributed by atoms with van der Waals surface area (Å²) in [6.07, 6.45) is 0. The summed E-state index contributed by atoms with van der Waals surface area (Å²) in [5.41, 5.74) is 0. The first-order valence-corrected chi connectivity index (χ1v) is 5.01. The largest absolute Gasteiger partial charge is 0.223 e. The van der Waals surface area contributed by atoms with Crippen LogP contribution < -0.4 is 0 Å². The fourth-order valence-electron chi connectivity index (χ4n) is 0.0106. The van der Waals surface area contributed by atoms with Crippen LogP contribution in [-0.2, 0) is 20.0 Å². The van der Waals surface area contributed by atoms with Gasteiger partial charge in [0.15, 0.2) is 0 Å². The Morgan fingerprint density at radius 2 is 1.71 bits per heavy atom. The number of halogens is 2. The van der Waals surface area contributed by atoms with Gasteiger partial charge in [0.05, 0.1) is 23.7 Å². The van der Waals surface area contributed by atoms with Gasteiger partial charge in [-0.05, 0) is 11.8 Å². The Kier molecular flexibility index (Phi) is 3.76. The lowest BCUT2D eigenvalue weighted by Gasteiger charge is -2.02. The molecule has 0 saturated carbocycles. The van der Waals surface area contributed by atoms with Gasteiger partial charge in [-0.2, -0.15) is 0 Å². The Morgan fingerprint density at radius 1 is 1.43 bits per heavy atom. The third-order valence-corrected chi connectivity index (χ3v) is 3.27. The van der Waals surface area contributed by atoms with Gasteiger partial charge in [-0.25, -0.2) is 8.15 Å². The quantitative estimate of drug-likeness (QED) is 0.608. The van der Waals surface area contributed by atoms with Crippen LogP contribution in [0.15, 0.2) is 0 Å². The van der Waals surface area contributed by atoms with Crippen molar-refractivity contribution in [2.75, 3.05) is 6.66 Å². The van der Waals surface area contributed by atoms with E-state index >= 15 is 0 Å². The molecule has 6 heteroatoms. The summed E-state index contributed by atoms with van der Waals surface area (Å²) in [4.78, 5) is 0. The topological polar surface area (TPSA) is 18.5 Å². The maximum atomic E-state index is 4.83. The van der Waals surface area contributed by atoms with E-state index in [2.05, 4.69) is 20.0 Å². The zero-order chi connectivity index (χ0) is 5.91. The molecule has 0 atom stereocenters. The van der Waals surface area contributed by atoms with E-state index in [-0.39, 0.29) is 0 Å². The Labute approximate surface area is 57.2 Å². The second-order valence-electron chi connectivity index (χ2n) is 0.909. The van der Waals surface area contributed by atoms with Crippen molar-refractivity contribution in [3.05, 3.63) is 0 Å². The van der Waals surface area contributed by atoms with E-state index in [1.807, 2.05) is 0 Å². The van der Waals surface area contributed by atoms with Crippen molar-refractivity contribution in [2.24, 2.45) is 0 Å². The van der Waals surface area contributed by atoms with Gasteiger partial charge < -0.3 is 0 Å². The molecule has 0 aromatic rings. The van der Waals surface area contributed by atoms with E-state index in [1.165, 1.54) is 6.66 Å². The maximum Gasteiger partial charge on any atom is 0.223 e. The van der Waals surface area contributed by atoms with Gasteiger partial charge in [0, 0.05) is 6.66 Å². The maximum absolute atomic E-state index is 4.83. The molecule has 0 spiro atoms. The normalized spacial score (nSPS) is 11.9. The molecule has 0 aliphatic carbocycles. The highest BCUT2D eigenvalue weighted by Crippen LogP contribution is 2.46. The van der Waals surface area contributed by atoms with Crippen molar-refractivity contribution in [1.82, 2.24) is 0 Å². The molecular weight excluding hydrogens is 178 g/mol. The molecule has 0 rings (SSSR count). The van der Waals surface area contributed by atoms with Crippen LogP contribution in [0.5, 0.6) is 0 Å². The molecule has 0 aliphatic rings. The molecule has 0 radical (unpaired) electrons. The Hall–Kier alpha value is 1.15. The third kappa shape index (κ3) is 3.71. The minimum atomic E-state index is -2.29. The first kappa shape index (κ1) is 8.15. The minimum Gasteiger partial charge on any atom is -0.219 e. The molecule has 0 aromatic carbocycles. The van der Waals surface area contributed by atoms with Gasteiger partial charge in [0.1, 0.15) is 0 Å². The molecule has 0 aliphatic heterocycles. The molecular formula is CH3Cl2O2PS. The summed E-state index contributed by atoms with van der Waals surface area (Å²) in [6.45, 7) is -0.774. The molecule has 0 heterocycles. The van der Waals surface area contributed by atoms with Crippen LogP contribution in [0, 0.1) is 0 Å². The van der Waals surface area contributed by atoms with Gasteiger partial charge in [-0.15, -0.1) is 0 Å². The minimum absolute atomic E-state index is 1.52. The van der Waals surface area contributed by atoms with Crippen molar-refractivity contribution < 1.29 is 8.15 Å². The average molecular weight is 181 g/mol. The lowest BCUT2D eigenvalue weighted by atomic mass is 12.0. The predicted molar refractivity (Wildman–Crippen MR) is 34.1 cm³/mol. The molecule has 2 nitrogen and oxygen atoms in total. The summed E-state index contributed by atoms with van der Waals surface area (Å²) in [6, 6.07) is 0. The highest BCUT2D eigenvalue weighted by molar-refractivity contribution is 8.10. The van der Waals surface area contributed by atoms with Gasteiger partial charge in [-0.3, -0.25) is 0 Å². The molecule has 0 fully saturated rings. The van der Waals surface area contributed by atoms with Crippen LogP contribution in [0.1, 0.15) is 0 Å². The van der Waals surface area contributed by atoms with E-state index in [0.717, 1.165) is 0 Å². The van der Waals surface area contributed by atoms with Crippen molar-refractivity contribution in [2.45, 2.75) is 0 Å². The van der Waals surface area contributed by atoms with Crippen molar-refractivity contribution in [3.63, 3.8) is 0 Å². The fraction of sp³-hybridized carbons (Fsp3) is 1.00. The SMILES string of the molecule is CP(=S)(OCl)OCl. The first-order valence-electron chi connectivity index (χ1n) is 1.30. The summed E-state index contributed by atoms with van der Waals surface area (Å²) >= 11 is 14.2. The molecule has 0 bridgehead atoms. The van der Waals surface area contributed by atoms with E-state index in [0.29, 0.717) is 0 Å². The highest BCUT2D eigenvalue weighted by Gasteiger charge is 2.07. The van der Waals surface area contributed by atoms with E-state index in [1.54, 1.807) is 0 Å². The summed E-state index contributed by atoms with van der Waals surface area (Å²) in [5, 5.41) is 0. The Bertz CT molecular complexity index is 87.7. The molecule has 0 saturated heterocycles. The summed E-state index contributed by atoms with van der Waals surface area (Å²) in [5.74, 6) is 0. The second kappa shape index (κ2) is 3.23. The van der Waals surface area contributed by atoms with Gasteiger partial charge in [0.2, 0.25) is 6.49 Å². The molecule has 0 N–H and O–H groups in total. The van der Waals surface area contributed by atoms with Gasteiger partial charge >= 0.3 is 0 Å². The molecule has 44 valence electrons. The third-order valence-electron chi connectivity index (χ3n) is 0.251. The Balaban J connectivity index is 3.61. The van der Waals surface area contributed by atoms with E-state index in [4.69, 9.17) is 23.7 Å². The van der Waals surface area contributed by atoms with Crippen LogP contribution in [0.25, 0.3) is 0 Å². The zero-order valence-electron chi connectivity index (χ0n) is 3.43. The zero-order valence-corrected chi connectivity index (χ0v) is 6.65. The molecule has 0 unspecified atom stereocenters.